The predicted octanol–water partition coefficient (Wildman–Crippen LogP) is 3.01. The number of nitrogens with zero attached hydrogens (tertiary/aromatic N) is 2. The predicted molar refractivity (Wildman–Crippen MR) is 122 cm³/mol. The molecule has 2 aromatic rings. The van der Waals surface area contributed by atoms with E-state index in [-0.39, 0.29) is 47.8 Å². The van der Waals surface area contributed by atoms with Crippen molar-refractivity contribution in [1.29, 1.82) is 0 Å². The highest BCUT2D eigenvalue weighted by Gasteiger charge is 2.35. The van der Waals surface area contributed by atoms with E-state index in [2.05, 4.69) is 5.32 Å². The van der Waals surface area contributed by atoms with E-state index in [4.69, 9.17) is 27.9 Å². The van der Waals surface area contributed by atoms with Gasteiger partial charge in [-0.25, -0.2) is 8.42 Å². The van der Waals surface area contributed by atoms with Crippen LogP contribution < -0.4 is 10.2 Å². The molecule has 0 aromatic heterocycles. The zero-order valence-corrected chi connectivity index (χ0v) is 19.3. The molecule has 1 atom stereocenters. The van der Waals surface area contributed by atoms with Crippen molar-refractivity contribution in [3.63, 3.8) is 0 Å². The second-order valence-corrected chi connectivity index (χ2v) is 10.3. The first-order valence-corrected chi connectivity index (χ1v) is 12.2. The Hall–Kier alpha value is -2.17. The SMILES string of the molecule is O=C(Nc1ccc(Cl)c(S(=O)(=O)N2CCOCC2)c1)C1CC(=O)N(c2cccc(Cl)c2)C1. The Kier molecular flexibility index (Phi) is 6.73. The summed E-state index contributed by atoms with van der Waals surface area (Å²) in [4.78, 5) is 26.7. The average molecular weight is 498 g/mol. The minimum atomic E-state index is -3.83. The van der Waals surface area contributed by atoms with Crippen LogP contribution in [0.3, 0.4) is 0 Å². The molecule has 2 aliphatic heterocycles. The summed E-state index contributed by atoms with van der Waals surface area (Å²) in [6, 6.07) is 11.2. The van der Waals surface area contributed by atoms with Crippen molar-refractivity contribution in [1.82, 2.24) is 4.31 Å². The molecule has 1 unspecified atom stereocenters. The Balaban J connectivity index is 1.49. The van der Waals surface area contributed by atoms with Gasteiger partial charge >= 0.3 is 0 Å². The summed E-state index contributed by atoms with van der Waals surface area (Å²) in [7, 11) is -3.83. The molecule has 0 spiro atoms. The van der Waals surface area contributed by atoms with Gasteiger partial charge in [-0.2, -0.15) is 4.31 Å². The highest BCUT2D eigenvalue weighted by molar-refractivity contribution is 7.89. The third-order valence-corrected chi connectivity index (χ3v) is 8.02. The molecule has 32 heavy (non-hydrogen) atoms. The molecule has 2 fully saturated rings. The van der Waals surface area contributed by atoms with E-state index in [1.165, 1.54) is 27.4 Å². The average Bonchev–Trinajstić information content (AvgIpc) is 3.17. The number of rotatable bonds is 5. The summed E-state index contributed by atoms with van der Waals surface area (Å²) in [6.45, 7) is 1.30. The zero-order chi connectivity index (χ0) is 22.9. The molecule has 2 heterocycles. The van der Waals surface area contributed by atoms with Gasteiger partial charge in [-0.1, -0.05) is 29.3 Å². The number of carbonyl (C=O) groups is 2. The van der Waals surface area contributed by atoms with Crippen LogP contribution in [0.25, 0.3) is 0 Å². The monoisotopic (exact) mass is 497 g/mol. The summed E-state index contributed by atoms with van der Waals surface area (Å²) < 4.78 is 32.5. The van der Waals surface area contributed by atoms with Crippen LogP contribution >= 0.6 is 23.2 Å². The number of nitrogens with one attached hydrogen (secondary N) is 1. The molecule has 2 saturated heterocycles. The molecular formula is C21H21Cl2N3O5S. The lowest BCUT2D eigenvalue weighted by Gasteiger charge is -2.26. The maximum absolute atomic E-state index is 13.0. The lowest BCUT2D eigenvalue weighted by Crippen LogP contribution is -2.40. The van der Waals surface area contributed by atoms with Gasteiger partial charge in [-0.05, 0) is 36.4 Å². The van der Waals surface area contributed by atoms with Crippen molar-refractivity contribution in [2.75, 3.05) is 43.1 Å². The largest absolute Gasteiger partial charge is 0.379 e. The highest BCUT2D eigenvalue weighted by Crippen LogP contribution is 2.30. The van der Waals surface area contributed by atoms with Crippen molar-refractivity contribution in [3.8, 4) is 0 Å². The third kappa shape index (κ3) is 4.77. The van der Waals surface area contributed by atoms with Gasteiger partial charge in [0.1, 0.15) is 4.90 Å². The van der Waals surface area contributed by atoms with Gasteiger partial charge < -0.3 is 15.0 Å². The molecule has 8 nitrogen and oxygen atoms in total. The van der Waals surface area contributed by atoms with Crippen molar-refractivity contribution in [2.24, 2.45) is 5.92 Å². The minimum absolute atomic E-state index is 0.0465. The molecule has 11 heteroatoms. The van der Waals surface area contributed by atoms with Crippen LogP contribution in [0.15, 0.2) is 47.4 Å². The van der Waals surface area contributed by atoms with Crippen LogP contribution in [-0.2, 0) is 24.3 Å². The Morgan fingerprint density at radius 1 is 1.09 bits per heavy atom. The van der Waals surface area contributed by atoms with E-state index < -0.39 is 15.9 Å². The Labute approximate surface area is 196 Å². The fourth-order valence-corrected chi connectivity index (χ4v) is 5.82. The molecule has 2 aliphatic rings. The van der Waals surface area contributed by atoms with E-state index in [0.29, 0.717) is 29.6 Å². The number of hydrogen-bond donors (Lipinski definition) is 1. The van der Waals surface area contributed by atoms with E-state index in [1.54, 1.807) is 24.3 Å². The van der Waals surface area contributed by atoms with Gasteiger partial charge in [-0.15, -0.1) is 0 Å². The number of benzene rings is 2. The lowest BCUT2D eigenvalue weighted by molar-refractivity contribution is -0.122. The number of ether oxygens (including phenoxy) is 1. The number of halogens is 2. The van der Waals surface area contributed by atoms with Gasteiger partial charge in [0.25, 0.3) is 0 Å². The Bertz CT molecular complexity index is 1150. The van der Waals surface area contributed by atoms with Gasteiger partial charge in [0.2, 0.25) is 21.8 Å². The van der Waals surface area contributed by atoms with Crippen LogP contribution in [0.4, 0.5) is 11.4 Å². The van der Waals surface area contributed by atoms with Crippen LogP contribution in [0, 0.1) is 5.92 Å². The van der Waals surface area contributed by atoms with Gasteiger partial charge in [-0.3, -0.25) is 9.59 Å². The Morgan fingerprint density at radius 3 is 2.56 bits per heavy atom. The molecule has 0 bridgehead atoms. The molecule has 2 aromatic carbocycles. The molecule has 0 saturated carbocycles. The second kappa shape index (κ2) is 9.36. The summed E-state index contributed by atoms with van der Waals surface area (Å²) >= 11 is 12.2. The first kappa shape index (κ1) is 23.0. The summed E-state index contributed by atoms with van der Waals surface area (Å²) in [5.41, 5.74) is 0.920. The highest BCUT2D eigenvalue weighted by atomic mass is 35.5. The zero-order valence-electron chi connectivity index (χ0n) is 17.0. The van der Waals surface area contributed by atoms with Crippen molar-refractivity contribution >= 4 is 56.4 Å². The number of hydrogen-bond acceptors (Lipinski definition) is 5. The van der Waals surface area contributed by atoms with Crippen molar-refractivity contribution in [3.05, 3.63) is 52.5 Å². The second-order valence-electron chi connectivity index (χ2n) is 7.54. The molecule has 2 amide bonds. The maximum atomic E-state index is 13.0. The minimum Gasteiger partial charge on any atom is -0.379 e. The summed E-state index contributed by atoms with van der Waals surface area (Å²) in [5.74, 6) is -1.14. The topological polar surface area (TPSA) is 96.0 Å². The first-order valence-electron chi connectivity index (χ1n) is 10.00. The lowest BCUT2D eigenvalue weighted by atomic mass is 10.1. The van der Waals surface area contributed by atoms with Crippen LogP contribution in [0.5, 0.6) is 0 Å². The maximum Gasteiger partial charge on any atom is 0.244 e. The number of anilines is 2. The number of sulfonamides is 1. The fourth-order valence-electron chi connectivity index (χ4n) is 3.73. The fraction of sp³-hybridized carbons (Fsp3) is 0.333. The molecule has 4 rings (SSSR count). The molecule has 0 aliphatic carbocycles. The van der Waals surface area contributed by atoms with Crippen LogP contribution in [0.2, 0.25) is 10.0 Å². The number of carbonyl (C=O) groups excluding carboxylic acids is 2. The summed E-state index contributed by atoms with van der Waals surface area (Å²) in [6.07, 6.45) is 0.0465. The van der Waals surface area contributed by atoms with Crippen LogP contribution in [0.1, 0.15) is 6.42 Å². The first-order chi connectivity index (χ1) is 15.3. The smallest absolute Gasteiger partial charge is 0.244 e. The molecular weight excluding hydrogens is 477 g/mol. The number of amides is 2. The number of morpholine rings is 1. The van der Waals surface area contributed by atoms with E-state index in [1.807, 2.05) is 0 Å². The van der Waals surface area contributed by atoms with Crippen molar-refractivity contribution < 1.29 is 22.7 Å². The molecule has 1 N–H and O–H groups in total. The van der Waals surface area contributed by atoms with Gasteiger partial charge in [0.05, 0.1) is 24.2 Å². The molecule has 170 valence electrons. The summed E-state index contributed by atoms with van der Waals surface area (Å²) in [5, 5.41) is 3.29. The quantitative estimate of drug-likeness (QED) is 0.684. The standard InChI is InChI=1S/C21H21Cl2N3O5S/c22-15-2-1-3-17(11-15)26-13-14(10-20(26)27)21(28)24-16-4-5-18(23)19(12-16)32(29,30)25-6-8-31-9-7-25/h1-5,11-12,14H,6-10,13H2,(H,24,28). The van der Waals surface area contributed by atoms with Crippen molar-refractivity contribution in [2.45, 2.75) is 11.3 Å². The van der Waals surface area contributed by atoms with Gasteiger partial charge in [0.15, 0.2) is 0 Å². The Morgan fingerprint density at radius 2 is 1.84 bits per heavy atom. The molecule has 0 radical (unpaired) electrons. The van der Waals surface area contributed by atoms with E-state index in [9.17, 15) is 18.0 Å². The van der Waals surface area contributed by atoms with Crippen LogP contribution in [-0.4, -0.2) is 57.4 Å². The van der Waals surface area contributed by atoms with Gasteiger partial charge in [0, 0.05) is 42.5 Å². The van der Waals surface area contributed by atoms with E-state index >= 15 is 0 Å². The normalized spacial score (nSPS) is 19.9. The third-order valence-electron chi connectivity index (χ3n) is 5.40. The van der Waals surface area contributed by atoms with E-state index in [0.717, 1.165) is 0 Å².